The third kappa shape index (κ3) is 1.91. The van der Waals surface area contributed by atoms with Crippen LogP contribution in [-0.4, -0.2) is 35.6 Å². The van der Waals surface area contributed by atoms with E-state index in [9.17, 15) is 0 Å². The standard InChI is InChI=1S/C14H28N2/c1-4-14(5-2)11-15-13(9-7-8-10-13)12-16(14)6-3/h15H,4-12H2,1-3H3. The van der Waals surface area contributed by atoms with E-state index in [1.54, 1.807) is 0 Å². The molecule has 1 saturated heterocycles. The van der Waals surface area contributed by atoms with Crippen molar-refractivity contribution in [3.63, 3.8) is 0 Å². The van der Waals surface area contributed by atoms with E-state index in [1.807, 2.05) is 0 Å². The third-order valence-corrected chi connectivity index (χ3v) is 5.22. The second kappa shape index (κ2) is 4.66. The van der Waals surface area contributed by atoms with Crippen LogP contribution in [-0.2, 0) is 0 Å². The Hall–Kier alpha value is -0.0800. The Kier molecular flexibility index (Phi) is 3.60. The van der Waals surface area contributed by atoms with Crippen molar-refractivity contribution in [1.29, 1.82) is 0 Å². The first-order valence-corrected chi connectivity index (χ1v) is 7.20. The molecule has 0 radical (unpaired) electrons. The van der Waals surface area contributed by atoms with Gasteiger partial charge in [-0.15, -0.1) is 0 Å². The highest BCUT2D eigenvalue weighted by Gasteiger charge is 2.45. The molecule has 2 aliphatic rings. The highest BCUT2D eigenvalue weighted by Crippen LogP contribution is 2.37. The molecule has 2 fully saturated rings. The molecule has 2 heteroatoms. The summed E-state index contributed by atoms with van der Waals surface area (Å²) >= 11 is 0. The van der Waals surface area contributed by atoms with E-state index in [0.29, 0.717) is 11.1 Å². The number of rotatable bonds is 3. The minimum atomic E-state index is 0.433. The molecule has 16 heavy (non-hydrogen) atoms. The van der Waals surface area contributed by atoms with Crippen LogP contribution in [0.2, 0.25) is 0 Å². The summed E-state index contributed by atoms with van der Waals surface area (Å²) in [4.78, 5) is 2.76. The van der Waals surface area contributed by atoms with E-state index in [0.717, 1.165) is 0 Å². The summed E-state index contributed by atoms with van der Waals surface area (Å²) in [7, 11) is 0. The number of piperazine rings is 1. The van der Waals surface area contributed by atoms with E-state index in [1.165, 1.54) is 58.2 Å². The second-order valence-electron chi connectivity index (χ2n) is 5.79. The normalized spacial score (nSPS) is 28.7. The molecule has 0 bridgehead atoms. The molecule has 1 N–H and O–H groups in total. The van der Waals surface area contributed by atoms with Crippen LogP contribution in [0.5, 0.6) is 0 Å². The molecule has 0 atom stereocenters. The Morgan fingerprint density at radius 2 is 1.69 bits per heavy atom. The number of hydrogen-bond acceptors (Lipinski definition) is 2. The predicted molar refractivity (Wildman–Crippen MR) is 69.8 cm³/mol. The lowest BCUT2D eigenvalue weighted by molar-refractivity contribution is 0.00405. The summed E-state index contributed by atoms with van der Waals surface area (Å²) in [5.74, 6) is 0. The van der Waals surface area contributed by atoms with E-state index >= 15 is 0 Å². The topological polar surface area (TPSA) is 15.3 Å². The minimum absolute atomic E-state index is 0.433. The summed E-state index contributed by atoms with van der Waals surface area (Å²) < 4.78 is 0. The molecule has 1 spiro atoms. The van der Waals surface area contributed by atoms with Crippen molar-refractivity contribution in [3.05, 3.63) is 0 Å². The van der Waals surface area contributed by atoms with E-state index in [-0.39, 0.29) is 0 Å². The molecule has 2 nitrogen and oxygen atoms in total. The van der Waals surface area contributed by atoms with Crippen LogP contribution < -0.4 is 5.32 Å². The van der Waals surface area contributed by atoms with Gasteiger partial charge in [0.1, 0.15) is 0 Å². The van der Waals surface area contributed by atoms with E-state index < -0.39 is 0 Å². The molecule has 0 amide bonds. The molecule has 0 aromatic rings. The van der Waals surface area contributed by atoms with Crippen molar-refractivity contribution < 1.29 is 0 Å². The van der Waals surface area contributed by atoms with Gasteiger partial charge in [-0.1, -0.05) is 33.6 Å². The summed E-state index contributed by atoms with van der Waals surface area (Å²) in [6.45, 7) is 10.7. The molecule has 1 aliphatic carbocycles. The van der Waals surface area contributed by atoms with Gasteiger partial charge in [-0.05, 0) is 32.2 Å². The molecule has 0 aromatic heterocycles. The Morgan fingerprint density at radius 1 is 1.06 bits per heavy atom. The zero-order valence-corrected chi connectivity index (χ0v) is 11.3. The zero-order chi connectivity index (χ0) is 11.6. The van der Waals surface area contributed by atoms with Gasteiger partial charge in [-0.3, -0.25) is 4.90 Å². The van der Waals surface area contributed by atoms with Crippen LogP contribution in [0, 0.1) is 0 Å². The molecule has 94 valence electrons. The van der Waals surface area contributed by atoms with Crippen LogP contribution in [0.4, 0.5) is 0 Å². The van der Waals surface area contributed by atoms with Crippen LogP contribution in [0.1, 0.15) is 59.3 Å². The molecule has 1 aliphatic heterocycles. The van der Waals surface area contributed by atoms with Crippen molar-refractivity contribution in [1.82, 2.24) is 10.2 Å². The maximum absolute atomic E-state index is 3.91. The minimum Gasteiger partial charge on any atom is -0.308 e. The van der Waals surface area contributed by atoms with Crippen molar-refractivity contribution in [2.24, 2.45) is 0 Å². The quantitative estimate of drug-likeness (QED) is 0.793. The SMILES string of the molecule is CCN1CC2(CCCC2)NCC1(CC)CC. The monoisotopic (exact) mass is 224 g/mol. The van der Waals surface area contributed by atoms with Crippen molar-refractivity contribution in [2.75, 3.05) is 19.6 Å². The van der Waals surface area contributed by atoms with Gasteiger partial charge < -0.3 is 5.32 Å². The Bertz CT molecular complexity index is 227. The fraction of sp³-hybridized carbons (Fsp3) is 1.00. The fourth-order valence-electron chi connectivity index (χ4n) is 3.83. The van der Waals surface area contributed by atoms with Gasteiger partial charge in [-0.25, -0.2) is 0 Å². The number of likely N-dealkylation sites (N-methyl/N-ethyl adjacent to an activating group) is 1. The van der Waals surface area contributed by atoms with Crippen LogP contribution in [0.25, 0.3) is 0 Å². The summed E-state index contributed by atoms with van der Waals surface area (Å²) in [6.07, 6.45) is 8.20. The third-order valence-electron chi connectivity index (χ3n) is 5.22. The molecule has 0 aromatic carbocycles. The number of nitrogens with one attached hydrogen (secondary N) is 1. The van der Waals surface area contributed by atoms with Gasteiger partial charge in [0.15, 0.2) is 0 Å². The smallest absolute Gasteiger partial charge is 0.0329 e. The fourth-order valence-corrected chi connectivity index (χ4v) is 3.83. The van der Waals surface area contributed by atoms with Gasteiger partial charge in [-0.2, -0.15) is 0 Å². The summed E-state index contributed by atoms with van der Waals surface area (Å²) in [5.41, 5.74) is 0.909. The average molecular weight is 224 g/mol. The number of hydrogen-bond donors (Lipinski definition) is 1. The molecule has 0 unspecified atom stereocenters. The van der Waals surface area contributed by atoms with E-state index in [2.05, 4.69) is 31.0 Å². The van der Waals surface area contributed by atoms with Crippen molar-refractivity contribution in [3.8, 4) is 0 Å². The summed E-state index contributed by atoms with van der Waals surface area (Å²) in [5, 5.41) is 3.91. The maximum atomic E-state index is 3.91. The molecule has 1 saturated carbocycles. The predicted octanol–water partition coefficient (Wildman–Crippen LogP) is 2.78. The van der Waals surface area contributed by atoms with Gasteiger partial charge in [0.2, 0.25) is 0 Å². The van der Waals surface area contributed by atoms with Crippen LogP contribution in [0.3, 0.4) is 0 Å². The van der Waals surface area contributed by atoms with Gasteiger partial charge >= 0.3 is 0 Å². The van der Waals surface area contributed by atoms with Crippen molar-refractivity contribution in [2.45, 2.75) is 70.4 Å². The van der Waals surface area contributed by atoms with Crippen LogP contribution >= 0.6 is 0 Å². The van der Waals surface area contributed by atoms with Crippen molar-refractivity contribution >= 4 is 0 Å². The lowest BCUT2D eigenvalue weighted by atomic mass is 9.82. The first-order chi connectivity index (χ1) is 7.70. The lowest BCUT2D eigenvalue weighted by Crippen LogP contribution is -2.68. The largest absolute Gasteiger partial charge is 0.308 e. The Balaban J connectivity index is 2.12. The second-order valence-corrected chi connectivity index (χ2v) is 5.79. The van der Waals surface area contributed by atoms with Gasteiger partial charge in [0, 0.05) is 24.2 Å². The molecular formula is C14H28N2. The average Bonchev–Trinajstić information content (AvgIpc) is 2.78. The van der Waals surface area contributed by atoms with Crippen LogP contribution in [0.15, 0.2) is 0 Å². The van der Waals surface area contributed by atoms with Gasteiger partial charge in [0.25, 0.3) is 0 Å². The van der Waals surface area contributed by atoms with E-state index in [4.69, 9.17) is 0 Å². The van der Waals surface area contributed by atoms with Gasteiger partial charge in [0.05, 0.1) is 0 Å². The maximum Gasteiger partial charge on any atom is 0.0329 e. The molecule has 1 heterocycles. The first kappa shape index (κ1) is 12.4. The Labute approximate surface area is 101 Å². The lowest BCUT2D eigenvalue weighted by Gasteiger charge is -2.53. The molecular weight excluding hydrogens is 196 g/mol. The highest BCUT2D eigenvalue weighted by molar-refractivity contribution is 5.06. The Morgan fingerprint density at radius 3 is 2.19 bits per heavy atom. The number of nitrogens with zero attached hydrogens (tertiary/aromatic N) is 1. The highest BCUT2D eigenvalue weighted by atomic mass is 15.3. The molecule has 2 rings (SSSR count). The first-order valence-electron chi connectivity index (χ1n) is 7.20. The zero-order valence-electron chi connectivity index (χ0n) is 11.3. The summed E-state index contributed by atoms with van der Waals surface area (Å²) in [6, 6.07) is 0.